The predicted molar refractivity (Wildman–Crippen MR) is 52.9 cm³/mol. The summed E-state index contributed by atoms with van der Waals surface area (Å²) in [6, 6.07) is 5.00. The first-order chi connectivity index (χ1) is 6.11. The number of benzene rings is 1. The zero-order valence-electron chi connectivity index (χ0n) is 7.91. The lowest BCUT2D eigenvalue weighted by molar-refractivity contribution is 0.400. The van der Waals surface area contributed by atoms with Crippen LogP contribution < -0.4 is 0 Å². The van der Waals surface area contributed by atoms with Crippen molar-refractivity contribution in [2.75, 3.05) is 0 Å². The van der Waals surface area contributed by atoms with Crippen LogP contribution in [0.1, 0.15) is 19.4 Å². The molecule has 0 spiro atoms. The van der Waals surface area contributed by atoms with Gasteiger partial charge in [0.15, 0.2) is 11.5 Å². The molecular formula is C11H14O2. The molecule has 0 saturated heterocycles. The van der Waals surface area contributed by atoms with Gasteiger partial charge in [0, 0.05) is 5.56 Å². The van der Waals surface area contributed by atoms with Gasteiger partial charge in [-0.25, -0.2) is 0 Å². The highest BCUT2D eigenvalue weighted by Gasteiger charge is 2.03. The Balaban J connectivity index is 2.89. The molecule has 0 radical (unpaired) electrons. The summed E-state index contributed by atoms with van der Waals surface area (Å²) in [6.45, 7) is 4.00. The van der Waals surface area contributed by atoms with E-state index in [1.54, 1.807) is 12.1 Å². The fourth-order valence-corrected chi connectivity index (χ4v) is 1.06. The standard InChI is InChI=1S/C11H14O2/c1-8(2)6-7-9-4-3-5-10(12)11(9)13/h3-6,12-13H,7H2,1-2H3. The van der Waals surface area contributed by atoms with Gasteiger partial charge >= 0.3 is 0 Å². The molecule has 2 nitrogen and oxygen atoms in total. The summed E-state index contributed by atoms with van der Waals surface area (Å²) < 4.78 is 0. The molecule has 0 fully saturated rings. The molecule has 0 aliphatic rings. The van der Waals surface area contributed by atoms with Crippen LogP contribution in [0.4, 0.5) is 0 Å². The van der Waals surface area contributed by atoms with E-state index in [4.69, 9.17) is 0 Å². The average Bonchev–Trinajstić information content (AvgIpc) is 2.07. The normalized spacial score (nSPS) is 9.69. The van der Waals surface area contributed by atoms with Crippen molar-refractivity contribution in [1.82, 2.24) is 0 Å². The quantitative estimate of drug-likeness (QED) is 0.540. The molecule has 0 saturated carbocycles. The van der Waals surface area contributed by atoms with Gasteiger partial charge in [-0.05, 0) is 26.3 Å². The van der Waals surface area contributed by atoms with Gasteiger partial charge in [0.25, 0.3) is 0 Å². The van der Waals surface area contributed by atoms with E-state index < -0.39 is 0 Å². The second-order valence-corrected chi connectivity index (χ2v) is 3.27. The molecule has 1 aromatic carbocycles. The topological polar surface area (TPSA) is 40.5 Å². The Morgan fingerprint density at radius 1 is 1.31 bits per heavy atom. The Hall–Kier alpha value is -1.44. The summed E-state index contributed by atoms with van der Waals surface area (Å²) >= 11 is 0. The largest absolute Gasteiger partial charge is 0.504 e. The molecule has 1 aromatic rings. The van der Waals surface area contributed by atoms with Crippen LogP contribution in [0.3, 0.4) is 0 Å². The molecule has 1 rings (SSSR count). The Morgan fingerprint density at radius 2 is 2.00 bits per heavy atom. The van der Waals surface area contributed by atoms with Crippen molar-refractivity contribution < 1.29 is 10.2 Å². The van der Waals surface area contributed by atoms with E-state index in [9.17, 15) is 10.2 Å². The molecule has 2 N–H and O–H groups in total. The first kappa shape index (κ1) is 9.65. The van der Waals surface area contributed by atoms with Crippen LogP contribution in [0.25, 0.3) is 0 Å². The lowest BCUT2D eigenvalue weighted by Gasteiger charge is -2.03. The van der Waals surface area contributed by atoms with Crippen LogP contribution in [0.2, 0.25) is 0 Å². The maximum absolute atomic E-state index is 9.43. The van der Waals surface area contributed by atoms with Gasteiger partial charge in [0.05, 0.1) is 0 Å². The molecule has 0 heterocycles. The zero-order valence-corrected chi connectivity index (χ0v) is 7.91. The Kier molecular flexibility index (Phi) is 2.96. The van der Waals surface area contributed by atoms with Gasteiger partial charge in [0.1, 0.15) is 0 Å². The zero-order chi connectivity index (χ0) is 9.84. The third-order valence-corrected chi connectivity index (χ3v) is 1.83. The second kappa shape index (κ2) is 3.99. The number of aromatic hydroxyl groups is 2. The van der Waals surface area contributed by atoms with Crippen molar-refractivity contribution in [3.05, 3.63) is 35.4 Å². The van der Waals surface area contributed by atoms with Gasteiger partial charge in [-0.2, -0.15) is 0 Å². The lowest BCUT2D eigenvalue weighted by Crippen LogP contribution is -1.83. The summed E-state index contributed by atoms with van der Waals surface area (Å²) in [4.78, 5) is 0. The molecule has 0 unspecified atom stereocenters. The molecule has 0 aliphatic heterocycles. The van der Waals surface area contributed by atoms with Crippen molar-refractivity contribution in [1.29, 1.82) is 0 Å². The van der Waals surface area contributed by atoms with Crippen molar-refractivity contribution in [2.24, 2.45) is 0 Å². The van der Waals surface area contributed by atoms with Gasteiger partial charge < -0.3 is 10.2 Å². The highest BCUT2D eigenvalue weighted by atomic mass is 16.3. The van der Waals surface area contributed by atoms with Crippen LogP contribution in [0.15, 0.2) is 29.8 Å². The second-order valence-electron chi connectivity index (χ2n) is 3.27. The van der Waals surface area contributed by atoms with E-state index in [0.29, 0.717) is 6.42 Å². The molecule has 13 heavy (non-hydrogen) atoms. The van der Waals surface area contributed by atoms with Crippen LogP contribution >= 0.6 is 0 Å². The first-order valence-electron chi connectivity index (χ1n) is 4.24. The summed E-state index contributed by atoms with van der Waals surface area (Å²) in [7, 11) is 0. The predicted octanol–water partition coefficient (Wildman–Crippen LogP) is 2.61. The number of hydrogen-bond donors (Lipinski definition) is 2. The van der Waals surface area contributed by atoms with Crippen molar-refractivity contribution in [3.63, 3.8) is 0 Å². The smallest absolute Gasteiger partial charge is 0.160 e. The van der Waals surface area contributed by atoms with Crippen LogP contribution in [0, 0.1) is 0 Å². The number of para-hydroxylation sites is 1. The van der Waals surface area contributed by atoms with Crippen LogP contribution in [0.5, 0.6) is 11.5 Å². The Bertz CT molecular complexity index is 323. The lowest BCUT2D eigenvalue weighted by atomic mass is 10.1. The fourth-order valence-electron chi connectivity index (χ4n) is 1.06. The average molecular weight is 178 g/mol. The molecular weight excluding hydrogens is 164 g/mol. The van der Waals surface area contributed by atoms with Gasteiger partial charge in [-0.3, -0.25) is 0 Å². The monoisotopic (exact) mass is 178 g/mol. The third kappa shape index (κ3) is 2.51. The molecule has 70 valence electrons. The van der Waals surface area contributed by atoms with E-state index in [-0.39, 0.29) is 11.5 Å². The summed E-state index contributed by atoms with van der Waals surface area (Å²) in [5.74, 6) is -0.0698. The number of hydrogen-bond acceptors (Lipinski definition) is 2. The summed E-state index contributed by atoms with van der Waals surface area (Å²) in [5.41, 5.74) is 1.95. The molecule has 2 heteroatoms. The number of phenolic OH excluding ortho intramolecular Hbond substituents is 2. The maximum Gasteiger partial charge on any atom is 0.160 e. The Morgan fingerprint density at radius 3 is 2.62 bits per heavy atom. The summed E-state index contributed by atoms with van der Waals surface area (Å²) in [5, 5.41) is 18.6. The minimum absolute atomic E-state index is 0.0139. The highest BCUT2D eigenvalue weighted by Crippen LogP contribution is 2.28. The van der Waals surface area contributed by atoms with E-state index in [2.05, 4.69) is 0 Å². The van der Waals surface area contributed by atoms with E-state index in [0.717, 1.165) is 5.56 Å². The first-order valence-corrected chi connectivity index (χ1v) is 4.24. The third-order valence-electron chi connectivity index (χ3n) is 1.83. The van der Waals surface area contributed by atoms with E-state index in [1.807, 2.05) is 19.9 Å². The van der Waals surface area contributed by atoms with Gasteiger partial charge in [0.2, 0.25) is 0 Å². The van der Waals surface area contributed by atoms with Gasteiger partial charge in [-0.15, -0.1) is 0 Å². The van der Waals surface area contributed by atoms with E-state index >= 15 is 0 Å². The number of phenols is 2. The van der Waals surface area contributed by atoms with Crippen molar-refractivity contribution in [3.8, 4) is 11.5 Å². The molecule has 0 aliphatic carbocycles. The SMILES string of the molecule is CC(C)=CCc1cccc(O)c1O. The number of rotatable bonds is 2. The van der Waals surface area contributed by atoms with Crippen molar-refractivity contribution >= 4 is 0 Å². The van der Waals surface area contributed by atoms with Crippen LogP contribution in [-0.4, -0.2) is 10.2 Å². The molecule has 0 atom stereocenters. The maximum atomic E-state index is 9.43. The molecule has 0 amide bonds. The van der Waals surface area contributed by atoms with E-state index in [1.165, 1.54) is 11.6 Å². The minimum Gasteiger partial charge on any atom is -0.504 e. The fraction of sp³-hybridized carbons (Fsp3) is 0.273. The Labute approximate surface area is 78.2 Å². The number of allylic oxidation sites excluding steroid dienone is 2. The molecule has 0 aromatic heterocycles. The van der Waals surface area contributed by atoms with Crippen LogP contribution in [-0.2, 0) is 6.42 Å². The van der Waals surface area contributed by atoms with Crippen molar-refractivity contribution in [2.45, 2.75) is 20.3 Å². The minimum atomic E-state index is -0.0559. The molecule has 0 bridgehead atoms. The highest BCUT2D eigenvalue weighted by molar-refractivity contribution is 5.45. The summed E-state index contributed by atoms with van der Waals surface area (Å²) in [6.07, 6.45) is 2.66. The van der Waals surface area contributed by atoms with Gasteiger partial charge in [-0.1, -0.05) is 23.8 Å².